The van der Waals surface area contributed by atoms with Crippen LogP contribution in [0, 0.1) is 12.7 Å². The minimum Gasteiger partial charge on any atom is -0.264 e. The average Bonchev–Trinajstić information content (AvgIpc) is 2.95. The number of aromatic nitrogens is 3. The highest BCUT2D eigenvalue weighted by Crippen LogP contribution is 2.13. The van der Waals surface area contributed by atoms with Crippen molar-refractivity contribution in [3.8, 4) is 0 Å². The molecule has 0 amide bonds. The third-order valence-corrected chi connectivity index (χ3v) is 5.41. The standard InChI is InChI=1S/C14H13FN4O3S2/c1-9-12(15)13(20)19-14(17-9)23-11(18-19)7-16-24(21,22)8-10-5-3-2-4-6-10/h2-6,16H,7-8H2,1H3. The molecule has 24 heavy (non-hydrogen) atoms. The summed E-state index contributed by atoms with van der Waals surface area (Å²) < 4.78 is 41.0. The topological polar surface area (TPSA) is 93.4 Å². The SMILES string of the molecule is Cc1nc2sc(CNS(=O)(=O)Cc3ccccc3)nn2c(=O)c1F. The summed E-state index contributed by atoms with van der Waals surface area (Å²) in [6, 6.07) is 8.75. The zero-order chi connectivity index (χ0) is 17.3. The monoisotopic (exact) mass is 368 g/mol. The molecule has 0 atom stereocenters. The minimum atomic E-state index is -3.56. The van der Waals surface area contributed by atoms with Gasteiger partial charge in [0.2, 0.25) is 20.8 Å². The molecule has 3 rings (SSSR count). The maximum Gasteiger partial charge on any atom is 0.311 e. The van der Waals surface area contributed by atoms with E-state index in [1.807, 2.05) is 0 Å². The Balaban J connectivity index is 1.78. The van der Waals surface area contributed by atoms with Crippen molar-refractivity contribution in [1.82, 2.24) is 19.3 Å². The third-order valence-electron chi connectivity index (χ3n) is 3.21. The summed E-state index contributed by atoms with van der Waals surface area (Å²) in [5, 5.41) is 4.24. The second kappa shape index (κ2) is 6.38. The van der Waals surface area contributed by atoms with Gasteiger partial charge in [0, 0.05) is 0 Å². The van der Waals surface area contributed by atoms with Crippen LogP contribution in [0.15, 0.2) is 35.1 Å². The number of hydrogen-bond acceptors (Lipinski definition) is 6. The zero-order valence-electron chi connectivity index (χ0n) is 12.6. The molecule has 1 N–H and O–H groups in total. The number of nitrogens with zero attached hydrogens (tertiary/aromatic N) is 3. The van der Waals surface area contributed by atoms with Gasteiger partial charge in [-0.05, 0) is 12.5 Å². The average molecular weight is 368 g/mol. The molecule has 0 saturated heterocycles. The van der Waals surface area contributed by atoms with Crippen molar-refractivity contribution in [2.24, 2.45) is 0 Å². The molecular weight excluding hydrogens is 355 g/mol. The molecule has 0 aliphatic rings. The van der Waals surface area contributed by atoms with E-state index in [2.05, 4.69) is 14.8 Å². The summed E-state index contributed by atoms with van der Waals surface area (Å²) in [4.78, 5) is 15.9. The zero-order valence-corrected chi connectivity index (χ0v) is 14.2. The first-order valence-corrected chi connectivity index (χ1v) is 9.39. The van der Waals surface area contributed by atoms with Gasteiger partial charge in [-0.1, -0.05) is 41.7 Å². The van der Waals surface area contributed by atoms with Gasteiger partial charge in [0.1, 0.15) is 5.01 Å². The minimum absolute atomic E-state index is 0.0140. The van der Waals surface area contributed by atoms with Crippen LogP contribution in [-0.4, -0.2) is 23.0 Å². The van der Waals surface area contributed by atoms with Crippen LogP contribution in [0.25, 0.3) is 4.96 Å². The van der Waals surface area contributed by atoms with Crippen molar-refractivity contribution in [3.05, 3.63) is 62.8 Å². The number of fused-ring (bicyclic) bond motifs is 1. The number of rotatable bonds is 5. The summed E-state index contributed by atoms with van der Waals surface area (Å²) >= 11 is 1.03. The van der Waals surface area contributed by atoms with Crippen LogP contribution in [0.5, 0.6) is 0 Å². The van der Waals surface area contributed by atoms with Crippen LogP contribution in [0.4, 0.5) is 4.39 Å². The molecule has 0 fully saturated rings. The molecule has 0 bridgehead atoms. The molecule has 0 radical (unpaired) electrons. The van der Waals surface area contributed by atoms with Gasteiger partial charge in [-0.25, -0.2) is 18.1 Å². The molecule has 7 nitrogen and oxygen atoms in total. The van der Waals surface area contributed by atoms with E-state index in [-0.39, 0.29) is 23.0 Å². The van der Waals surface area contributed by atoms with Gasteiger partial charge < -0.3 is 0 Å². The molecule has 0 aliphatic carbocycles. The quantitative estimate of drug-likeness (QED) is 0.731. The van der Waals surface area contributed by atoms with Crippen molar-refractivity contribution < 1.29 is 12.8 Å². The predicted molar refractivity (Wildman–Crippen MR) is 87.7 cm³/mol. The van der Waals surface area contributed by atoms with Crippen LogP contribution in [0.2, 0.25) is 0 Å². The summed E-state index contributed by atoms with van der Waals surface area (Å²) in [6.07, 6.45) is 0. The van der Waals surface area contributed by atoms with Crippen molar-refractivity contribution >= 4 is 26.3 Å². The molecule has 0 spiro atoms. The van der Waals surface area contributed by atoms with E-state index >= 15 is 0 Å². The molecule has 0 unspecified atom stereocenters. The second-order valence-electron chi connectivity index (χ2n) is 5.07. The molecule has 2 heterocycles. The number of aryl methyl sites for hydroxylation is 1. The van der Waals surface area contributed by atoms with Crippen molar-refractivity contribution in [3.63, 3.8) is 0 Å². The Morgan fingerprint density at radius 1 is 1.29 bits per heavy atom. The van der Waals surface area contributed by atoms with E-state index in [1.54, 1.807) is 30.3 Å². The molecule has 0 saturated carbocycles. The van der Waals surface area contributed by atoms with Crippen molar-refractivity contribution in [1.29, 1.82) is 0 Å². The fourth-order valence-corrected chi connectivity index (χ4v) is 4.11. The molecule has 2 aromatic heterocycles. The number of benzene rings is 1. The van der Waals surface area contributed by atoms with E-state index in [0.29, 0.717) is 10.6 Å². The first-order chi connectivity index (χ1) is 11.4. The number of nitrogens with one attached hydrogen (secondary N) is 1. The van der Waals surface area contributed by atoms with Crippen LogP contribution in [0.3, 0.4) is 0 Å². The summed E-state index contributed by atoms with van der Waals surface area (Å²) in [7, 11) is -3.56. The molecular formula is C14H13FN4O3S2. The summed E-state index contributed by atoms with van der Waals surface area (Å²) in [5.41, 5.74) is -0.253. The Bertz CT molecular complexity index is 1050. The maximum atomic E-state index is 13.5. The van der Waals surface area contributed by atoms with Gasteiger partial charge in [0.05, 0.1) is 18.0 Å². The Kier molecular flexibility index (Phi) is 4.43. The van der Waals surface area contributed by atoms with E-state index in [0.717, 1.165) is 15.9 Å². The lowest BCUT2D eigenvalue weighted by Gasteiger charge is -2.04. The first kappa shape index (κ1) is 16.7. The normalized spacial score (nSPS) is 11.9. The molecule has 126 valence electrons. The summed E-state index contributed by atoms with van der Waals surface area (Å²) in [5.74, 6) is -1.13. The Hall–Kier alpha value is -2.17. The van der Waals surface area contributed by atoms with Gasteiger partial charge in [-0.3, -0.25) is 4.79 Å². The molecule has 3 aromatic rings. The van der Waals surface area contributed by atoms with E-state index in [9.17, 15) is 17.6 Å². The number of halogens is 1. The lowest BCUT2D eigenvalue weighted by Crippen LogP contribution is -2.25. The maximum absolute atomic E-state index is 13.5. The van der Waals surface area contributed by atoms with Gasteiger partial charge in [-0.15, -0.1) is 0 Å². The lowest BCUT2D eigenvalue weighted by atomic mass is 10.2. The second-order valence-corrected chi connectivity index (χ2v) is 7.92. The highest BCUT2D eigenvalue weighted by molar-refractivity contribution is 7.88. The lowest BCUT2D eigenvalue weighted by molar-refractivity contribution is 0.574. The molecule has 10 heteroatoms. The smallest absolute Gasteiger partial charge is 0.264 e. The number of sulfonamides is 1. The van der Waals surface area contributed by atoms with Crippen LogP contribution < -0.4 is 10.3 Å². The van der Waals surface area contributed by atoms with Crippen molar-refractivity contribution in [2.45, 2.75) is 19.2 Å². The van der Waals surface area contributed by atoms with Gasteiger partial charge >= 0.3 is 5.56 Å². The predicted octanol–water partition coefficient (Wildman–Crippen LogP) is 1.22. The molecule has 1 aromatic carbocycles. The van der Waals surface area contributed by atoms with Gasteiger partial charge in [0.25, 0.3) is 0 Å². The van der Waals surface area contributed by atoms with Gasteiger partial charge in [0.15, 0.2) is 0 Å². The fourth-order valence-electron chi connectivity index (χ4n) is 2.05. The fraction of sp³-hybridized carbons (Fsp3) is 0.214. The van der Waals surface area contributed by atoms with E-state index < -0.39 is 21.4 Å². The Morgan fingerprint density at radius 2 is 2.00 bits per heavy atom. The van der Waals surface area contributed by atoms with Crippen LogP contribution in [-0.2, 0) is 22.3 Å². The third kappa shape index (κ3) is 3.50. The Labute approximate surface area is 140 Å². The number of hydrogen-bond donors (Lipinski definition) is 1. The van der Waals surface area contributed by atoms with Crippen molar-refractivity contribution in [2.75, 3.05) is 0 Å². The highest BCUT2D eigenvalue weighted by atomic mass is 32.2. The molecule has 0 aliphatic heterocycles. The largest absolute Gasteiger partial charge is 0.311 e. The van der Waals surface area contributed by atoms with E-state index in [1.165, 1.54) is 6.92 Å². The highest BCUT2D eigenvalue weighted by Gasteiger charge is 2.16. The van der Waals surface area contributed by atoms with E-state index in [4.69, 9.17) is 0 Å². The Morgan fingerprint density at radius 3 is 2.71 bits per heavy atom. The first-order valence-electron chi connectivity index (χ1n) is 6.92. The van der Waals surface area contributed by atoms with Crippen LogP contribution >= 0.6 is 11.3 Å². The summed E-state index contributed by atoms with van der Waals surface area (Å²) in [6.45, 7) is 1.29. The van der Waals surface area contributed by atoms with Crippen LogP contribution in [0.1, 0.15) is 16.3 Å². The van der Waals surface area contributed by atoms with Gasteiger partial charge in [-0.2, -0.15) is 14.0 Å².